The van der Waals surface area contributed by atoms with Crippen LogP contribution in [0.15, 0.2) is 0 Å². The van der Waals surface area contributed by atoms with Crippen molar-refractivity contribution in [1.82, 2.24) is 5.59 Å². The molecule has 1 fully saturated rings. The van der Waals surface area contributed by atoms with Crippen LogP contribution in [0.2, 0.25) is 0 Å². The predicted molar refractivity (Wildman–Crippen MR) is 27.9 cm³/mol. The van der Waals surface area contributed by atoms with Gasteiger partial charge in [0.05, 0.1) is 13.2 Å². The van der Waals surface area contributed by atoms with E-state index in [9.17, 15) is 4.57 Å². The molecule has 0 spiro atoms. The molecule has 1 rings (SSSR count). The van der Waals surface area contributed by atoms with Crippen LogP contribution in [-0.2, 0) is 18.2 Å². The van der Waals surface area contributed by atoms with Gasteiger partial charge in [0.2, 0.25) is 0 Å². The largest absolute Gasteiger partial charge is 0.492 e. The monoisotopic (exact) mass is 154 g/mol. The van der Waals surface area contributed by atoms with Crippen molar-refractivity contribution >= 4 is 7.82 Å². The quantitative estimate of drug-likeness (QED) is 0.318. The van der Waals surface area contributed by atoms with Crippen molar-refractivity contribution in [3.8, 4) is 0 Å². The molecule has 3 N–H and O–H groups in total. The molecule has 9 heavy (non-hydrogen) atoms. The Kier molecular flexibility index (Phi) is 2.18. The van der Waals surface area contributed by atoms with E-state index < -0.39 is 7.82 Å². The van der Waals surface area contributed by atoms with Gasteiger partial charge in [0.1, 0.15) is 0 Å². The smallest absolute Gasteiger partial charge is 0.283 e. The third kappa shape index (κ3) is 1.72. The summed E-state index contributed by atoms with van der Waals surface area (Å²) in [4.78, 5) is 0. The van der Waals surface area contributed by atoms with Gasteiger partial charge in [-0.25, -0.2) is 10.4 Å². The number of hydrogen-bond acceptors (Lipinski definition) is 6. The normalized spacial score (nSPS) is 24.6. The fraction of sp³-hybridized carbons (Fsp3) is 1.00. The first-order valence-electron chi connectivity index (χ1n) is 2.30. The molecule has 54 valence electrons. The van der Waals surface area contributed by atoms with Crippen LogP contribution in [0.4, 0.5) is 0 Å². The zero-order valence-corrected chi connectivity index (χ0v) is 5.47. The standard InChI is InChI=1S/C2H7N2O4P/c3-4-8-9(5)6-1-2-7-9/h4H,1-3H2. The molecule has 0 radical (unpaired) electrons. The second-order valence-corrected chi connectivity index (χ2v) is 2.92. The van der Waals surface area contributed by atoms with E-state index in [1.807, 2.05) is 0 Å². The number of nitrogens with two attached hydrogens (primary N) is 1. The van der Waals surface area contributed by atoms with Crippen LogP contribution in [0.5, 0.6) is 0 Å². The first kappa shape index (κ1) is 7.14. The van der Waals surface area contributed by atoms with Gasteiger partial charge in [-0.1, -0.05) is 0 Å². The van der Waals surface area contributed by atoms with E-state index in [2.05, 4.69) is 19.5 Å². The van der Waals surface area contributed by atoms with Crippen molar-refractivity contribution in [1.29, 1.82) is 0 Å². The summed E-state index contributed by atoms with van der Waals surface area (Å²) in [5.41, 5.74) is 1.74. The van der Waals surface area contributed by atoms with Crippen molar-refractivity contribution in [2.45, 2.75) is 0 Å². The van der Waals surface area contributed by atoms with E-state index in [0.29, 0.717) is 0 Å². The SMILES string of the molecule is NNOP1(=O)OCCO1. The molecule has 1 aliphatic heterocycles. The van der Waals surface area contributed by atoms with Gasteiger partial charge in [-0.05, 0) is 0 Å². The molecule has 0 saturated carbocycles. The molecule has 1 heterocycles. The Bertz CT molecular complexity index is 129. The first-order chi connectivity index (χ1) is 4.27. The molecular weight excluding hydrogens is 147 g/mol. The van der Waals surface area contributed by atoms with E-state index in [-0.39, 0.29) is 13.2 Å². The Balaban J connectivity index is 2.42. The van der Waals surface area contributed by atoms with Gasteiger partial charge < -0.3 is 0 Å². The van der Waals surface area contributed by atoms with Crippen LogP contribution in [0.1, 0.15) is 0 Å². The molecule has 0 aromatic carbocycles. The third-order valence-electron chi connectivity index (χ3n) is 0.747. The van der Waals surface area contributed by atoms with Crippen LogP contribution in [-0.4, -0.2) is 13.2 Å². The van der Waals surface area contributed by atoms with E-state index in [0.717, 1.165) is 0 Å². The number of phosphoric ester groups is 1. The molecule has 6 nitrogen and oxygen atoms in total. The summed E-state index contributed by atoms with van der Waals surface area (Å²) in [6.07, 6.45) is 0. The van der Waals surface area contributed by atoms with Gasteiger partial charge in [0.25, 0.3) is 0 Å². The molecule has 1 saturated heterocycles. The molecule has 0 aliphatic carbocycles. The summed E-state index contributed by atoms with van der Waals surface area (Å²) in [6, 6.07) is 0. The van der Waals surface area contributed by atoms with Crippen LogP contribution >= 0.6 is 7.82 Å². The third-order valence-corrected chi connectivity index (χ3v) is 2.07. The highest BCUT2D eigenvalue weighted by atomic mass is 31.2. The minimum absolute atomic E-state index is 0.277. The minimum atomic E-state index is -3.31. The van der Waals surface area contributed by atoms with Gasteiger partial charge in [-0.2, -0.15) is 4.62 Å². The van der Waals surface area contributed by atoms with Crippen LogP contribution in [0.25, 0.3) is 0 Å². The highest BCUT2D eigenvalue weighted by Gasteiger charge is 2.31. The minimum Gasteiger partial charge on any atom is -0.283 e. The fourth-order valence-electron chi connectivity index (χ4n) is 0.453. The van der Waals surface area contributed by atoms with Gasteiger partial charge in [0, 0.05) is 0 Å². The van der Waals surface area contributed by atoms with Gasteiger partial charge in [-0.15, -0.1) is 5.59 Å². The summed E-state index contributed by atoms with van der Waals surface area (Å²) in [5, 5.41) is 0. The number of phosphoric acid groups is 1. The van der Waals surface area contributed by atoms with Crippen molar-refractivity contribution in [2.75, 3.05) is 13.2 Å². The Morgan fingerprint density at radius 2 is 2.11 bits per heavy atom. The lowest BCUT2D eigenvalue weighted by Crippen LogP contribution is -2.20. The molecular formula is C2H7N2O4P. The Morgan fingerprint density at radius 1 is 1.56 bits per heavy atom. The average Bonchev–Trinajstić information content (AvgIpc) is 2.16. The lowest BCUT2D eigenvalue weighted by molar-refractivity contribution is 0.123. The highest BCUT2D eigenvalue weighted by Crippen LogP contribution is 2.51. The Morgan fingerprint density at radius 3 is 2.56 bits per heavy atom. The molecule has 0 atom stereocenters. The molecule has 0 amide bonds. The zero-order valence-electron chi connectivity index (χ0n) is 4.57. The topological polar surface area (TPSA) is 82.8 Å². The molecule has 0 aromatic rings. The second-order valence-electron chi connectivity index (χ2n) is 1.32. The van der Waals surface area contributed by atoms with E-state index >= 15 is 0 Å². The summed E-state index contributed by atoms with van der Waals surface area (Å²) < 4.78 is 24.1. The second kappa shape index (κ2) is 2.74. The molecule has 0 unspecified atom stereocenters. The fourth-order valence-corrected chi connectivity index (χ4v) is 1.36. The van der Waals surface area contributed by atoms with Crippen LogP contribution in [0.3, 0.4) is 0 Å². The van der Waals surface area contributed by atoms with Crippen LogP contribution in [0, 0.1) is 0 Å². The highest BCUT2D eigenvalue weighted by molar-refractivity contribution is 7.48. The molecule has 7 heteroatoms. The molecule has 0 bridgehead atoms. The number of hydrogen-bond donors (Lipinski definition) is 2. The van der Waals surface area contributed by atoms with Crippen molar-refractivity contribution in [2.24, 2.45) is 5.84 Å². The summed E-state index contributed by atoms with van der Waals surface area (Å²) in [6.45, 7) is 0.553. The predicted octanol–water partition coefficient (Wildman–Crippen LogP) is -0.464. The maximum atomic E-state index is 10.8. The van der Waals surface area contributed by atoms with Crippen molar-refractivity contribution in [3.63, 3.8) is 0 Å². The summed E-state index contributed by atoms with van der Waals surface area (Å²) in [5.74, 6) is 4.69. The van der Waals surface area contributed by atoms with Crippen molar-refractivity contribution < 1.29 is 18.2 Å². The number of hydrazine groups is 1. The zero-order chi connectivity index (χ0) is 6.74. The van der Waals surface area contributed by atoms with E-state index in [1.54, 1.807) is 5.59 Å². The maximum Gasteiger partial charge on any atom is 0.492 e. The van der Waals surface area contributed by atoms with E-state index in [4.69, 9.17) is 0 Å². The Labute approximate surface area is 51.8 Å². The molecule has 0 aromatic heterocycles. The van der Waals surface area contributed by atoms with Gasteiger partial charge in [-0.3, -0.25) is 9.05 Å². The van der Waals surface area contributed by atoms with Gasteiger partial charge >= 0.3 is 7.82 Å². The maximum absolute atomic E-state index is 10.8. The lowest BCUT2D eigenvalue weighted by Gasteiger charge is -2.05. The first-order valence-corrected chi connectivity index (χ1v) is 3.76. The lowest BCUT2D eigenvalue weighted by atomic mass is 10.8. The number of rotatable bonds is 2. The summed E-state index contributed by atoms with van der Waals surface area (Å²) >= 11 is 0. The van der Waals surface area contributed by atoms with Crippen molar-refractivity contribution in [3.05, 3.63) is 0 Å². The van der Waals surface area contributed by atoms with Crippen LogP contribution < -0.4 is 11.4 Å². The Hall–Kier alpha value is 0.0300. The van der Waals surface area contributed by atoms with E-state index in [1.165, 1.54) is 0 Å². The van der Waals surface area contributed by atoms with Gasteiger partial charge in [0.15, 0.2) is 0 Å². The number of nitrogens with one attached hydrogen (secondary N) is 1. The molecule has 1 aliphatic rings. The summed E-state index contributed by atoms with van der Waals surface area (Å²) in [7, 11) is -3.31. The average molecular weight is 154 g/mol.